The smallest absolute Gasteiger partial charge is 0.305 e. The molecule has 0 aliphatic carbocycles. The Morgan fingerprint density at radius 3 is 2.41 bits per heavy atom. The highest BCUT2D eigenvalue weighted by Crippen LogP contribution is 2.06. The quantitative estimate of drug-likeness (QED) is 0.842. The lowest BCUT2D eigenvalue weighted by Crippen LogP contribution is -2.37. The van der Waals surface area contributed by atoms with Crippen molar-refractivity contribution < 1.29 is 14.7 Å². The van der Waals surface area contributed by atoms with Gasteiger partial charge in [-0.1, -0.05) is 30.3 Å². The Balaban J connectivity index is 2.55. The van der Waals surface area contributed by atoms with E-state index in [1.54, 1.807) is 14.0 Å². The molecule has 0 fully saturated rings. The number of aliphatic carboxylic acids is 1. The van der Waals surface area contributed by atoms with Crippen molar-refractivity contribution in [3.8, 4) is 0 Å². The fourth-order valence-corrected chi connectivity index (χ4v) is 1.53. The average molecular weight is 235 g/mol. The van der Waals surface area contributed by atoms with Gasteiger partial charge in [0.1, 0.15) is 0 Å². The van der Waals surface area contributed by atoms with E-state index in [0.29, 0.717) is 6.42 Å². The van der Waals surface area contributed by atoms with Gasteiger partial charge in [-0.3, -0.25) is 9.59 Å². The highest BCUT2D eigenvalue weighted by Gasteiger charge is 2.18. The van der Waals surface area contributed by atoms with Gasteiger partial charge in [0.15, 0.2) is 0 Å². The molecule has 4 nitrogen and oxygen atoms in total. The third-order valence-corrected chi connectivity index (χ3v) is 2.72. The molecular weight excluding hydrogens is 218 g/mol. The lowest BCUT2D eigenvalue weighted by Gasteiger charge is -2.23. The van der Waals surface area contributed by atoms with Crippen LogP contribution < -0.4 is 0 Å². The number of rotatable bonds is 5. The fourth-order valence-electron chi connectivity index (χ4n) is 1.53. The number of carboxylic acids is 1. The van der Waals surface area contributed by atoms with Gasteiger partial charge < -0.3 is 10.0 Å². The number of benzene rings is 1. The maximum Gasteiger partial charge on any atom is 0.305 e. The molecule has 1 N–H and O–H groups in total. The van der Waals surface area contributed by atoms with Crippen molar-refractivity contribution in [2.75, 3.05) is 7.05 Å². The molecule has 0 spiro atoms. The zero-order valence-electron chi connectivity index (χ0n) is 10.1. The Labute approximate surface area is 101 Å². The first-order valence-electron chi connectivity index (χ1n) is 5.52. The Hall–Kier alpha value is -1.84. The standard InChI is InChI=1S/C13H17NO3/c1-10(8-13(16)17)14(2)12(15)9-11-6-4-3-5-7-11/h3-7,10H,8-9H2,1-2H3,(H,16,17)/t10-/m0/s1. The summed E-state index contributed by atoms with van der Waals surface area (Å²) in [6.07, 6.45) is 0.276. The van der Waals surface area contributed by atoms with Crippen LogP contribution in [-0.2, 0) is 16.0 Å². The summed E-state index contributed by atoms with van der Waals surface area (Å²) in [5, 5.41) is 8.67. The Morgan fingerprint density at radius 1 is 1.29 bits per heavy atom. The minimum Gasteiger partial charge on any atom is -0.481 e. The molecule has 1 amide bonds. The lowest BCUT2D eigenvalue weighted by atomic mass is 10.1. The third kappa shape index (κ3) is 4.26. The second-order valence-corrected chi connectivity index (χ2v) is 4.11. The van der Waals surface area contributed by atoms with E-state index in [4.69, 9.17) is 5.11 Å². The molecule has 1 atom stereocenters. The van der Waals surface area contributed by atoms with E-state index in [2.05, 4.69) is 0 Å². The molecule has 0 radical (unpaired) electrons. The molecule has 17 heavy (non-hydrogen) atoms. The summed E-state index contributed by atoms with van der Waals surface area (Å²) >= 11 is 0. The topological polar surface area (TPSA) is 57.6 Å². The van der Waals surface area contributed by atoms with Crippen molar-refractivity contribution in [3.63, 3.8) is 0 Å². The number of carbonyl (C=O) groups excluding carboxylic acids is 1. The summed E-state index contributed by atoms with van der Waals surface area (Å²) < 4.78 is 0. The molecule has 0 heterocycles. The summed E-state index contributed by atoms with van der Waals surface area (Å²) in [5.41, 5.74) is 0.937. The van der Waals surface area contributed by atoms with Crippen LogP contribution in [0.15, 0.2) is 30.3 Å². The molecule has 1 aromatic rings. The number of carbonyl (C=O) groups is 2. The first kappa shape index (κ1) is 13.2. The Kier molecular flexibility index (Phi) is 4.69. The van der Waals surface area contributed by atoms with Gasteiger partial charge in [-0.05, 0) is 12.5 Å². The molecule has 0 saturated heterocycles. The molecule has 0 aromatic heterocycles. The van der Waals surface area contributed by atoms with E-state index in [1.165, 1.54) is 4.90 Å². The molecule has 0 bridgehead atoms. The van der Waals surface area contributed by atoms with Gasteiger partial charge in [0.05, 0.1) is 12.8 Å². The molecule has 0 unspecified atom stereocenters. The maximum atomic E-state index is 11.9. The van der Waals surface area contributed by atoms with Crippen LogP contribution >= 0.6 is 0 Å². The first-order valence-corrected chi connectivity index (χ1v) is 5.52. The van der Waals surface area contributed by atoms with E-state index >= 15 is 0 Å². The SMILES string of the molecule is C[C@@H](CC(=O)O)N(C)C(=O)Cc1ccccc1. The van der Waals surface area contributed by atoms with E-state index in [9.17, 15) is 9.59 Å². The molecule has 0 aliphatic heterocycles. The van der Waals surface area contributed by atoms with Crippen molar-refractivity contribution in [3.05, 3.63) is 35.9 Å². The van der Waals surface area contributed by atoms with Crippen LogP contribution in [-0.4, -0.2) is 35.0 Å². The van der Waals surface area contributed by atoms with Crippen molar-refractivity contribution in [1.82, 2.24) is 4.90 Å². The van der Waals surface area contributed by atoms with E-state index in [1.807, 2.05) is 30.3 Å². The summed E-state index contributed by atoms with van der Waals surface area (Å²) in [6.45, 7) is 1.73. The minimum absolute atomic E-state index is 0.0307. The van der Waals surface area contributed by atoms with Crippen molar-refractivity contribution in [1.29, 1.82) is 0 Å². The Bertz CT molecular complexity index is 389. The van der Waals surface area contributed by atoms with Crippen LogP contribution in [0.1, 0.15) is 18.9 Å². The minimum atomic E-state index is -0.892. The predicted molar refractivity (Wildman–Crippen MR) is 64.6 cm³/mol. The van der Waals surface area contributed by atoms with Crippen molar-refractivity contribution >= 4 is 11.9 Å². The molecule has 4 heteroatoms. The largest absolute Gasteiger partial charge is 0.481 e. The number of hydrogen-bond acceptors (Lipinski definition) is 2. The Morgan fingerprint density at radius 2 is 1.88 bits per heavy atom. The number of hydrogen-bond donors (Lipinski definition) is 1. The zero-order chi connectivity index (χ0) is 12.8. The first-order chi connectivity index (χ1) is 8.00. The third-order valence-electron chi connectivity index (χ3n) is 2.72. The van der Waals surface area contributed by atoms with Crippen molar-refractivity contribution in [2.45, 2.75) is 25.8 Å². The second-order valence-electron chi connectivity index (χ2n) is 4.11. The second kappa shape index (κ2) is 6.03. The van der Waals surface area contributed by atoms with Crippen LogP contribution in [0.5, 0.6) is 0 Å². The van der Waals surface area contributed by atoms with Gasteiger partial charge in [0.2, 0.25) is 5.91 Å². The number of carboxylic acid groups (broad SMARTS) is 1. The number of likely N-dealkylation sites (N-methyl/N-ethyl adjacent to an activating group) is 1. The zero-order valence-corrected chi connectivity index (χ0v) is 10.1. The summed E-state index contributed by atoms with van der Waals surface area (Å²) in [7, 11) is 1.64. The molecule has 0 aliphatic rings. The molecule has 1 rings (SSSR count). The normalized spacial score (nSPS) is 11.9. The van der Waals surface area contributed by atoms with Crippen LogP contribution in [0.4, 0.5) is 0 Å². The summed E-state index contributed by atoms with van der Waals surface area (Å²) in [5.74, 6) is -0.957. The highest BCUT2D eigenvalue weighted by molar-refractivity contribution is 5.79. The average Bonchev–Trinajstić information content (AvgIpc) is 2.28. The summed E-state index contributed by atoms with van der Waals surface area (Å²) in [6, 6.07) is 9.13. The number of nitrogens with zero attached hydrogens (tertiary/aromatic N) is 1. The van der Waals surface area contributed by atoms with Crippen molar-refractivity contribution in [2.24, 2.45) is 0 Å². The molecule has 92 valence electrons. The predicted octanol–water partition coefficient (Wildman–Crippen LogP) is 1.55. The van der Waals surface area contributed by atoms with E-state index < -0.39 is 5.97 Å². The highest BCUT2D eigenvalue weighted by atomic mass is 16.4. The van der Waals surface area contributed by atoms with Gasteiger partial charge in [0.25, 0.3) is 0 Å². The van der Waals surface area contributed by atoms with E-state index in [0.717, 1.165) is 5.56 Å². The number of amides is 1. The van der Waals surface area contributed by atoms with Crippen LogP contribution in [0.2, 0.25) is 0 Å². The van der Waals surface area contributed by atoms with Gasteiger partial charge in [-0.25, -0.2) is 0 Å². The maximum absolute atomic E-state index is 11.9. The van der Waals surface area contributed by atoms with E-state index in [-0.39, 0.29) is 18.4 Å². The summed E-state index contributed by atoms with van der Waals surface area (Å²) in [4.78, 5) is 23.9. The van der Waals surface area contributed by atoms with Gasteiger partial charge >= 0.3 is 5.97 Å². The van der Waals surface area contributed by atoms with Gasteiger partial charge in [-0.15, -0.1) is 0 Å². The van der Waals surface area contributed by atoms with Gasteiger partial charge in [-0.2, -0.15) is 0 Å². The van der Waals surface area contributed by atoms with Crippen LogP contribution in [0, 0.1) is 0 Å². The molecular formula is C13H17NO3. The van der Waals surface area contributed by atoms with Crippen LogP contribution in [0.3, 0.4) is 0 Å². The van der Waals surface area contributed by atoms with Gasteiger partial charge in [0, 0.05) is 13.1 Å². The molecule has 1 aromatic carbocycles. The monoisotopic (exact) mass is 235 g/mol. The lowest BCUT2D eigenvalue weighted by molar-refractivity contribution is -0.139. The molecule has 0 saturated carbocycles. The van der Waals surface area contributed by atoms with Crippen LogP contribution in [0.25, 0.3) is 0 Å². The fraction of sp³-hybridized carbons (Fsp3) is 0.385.